The Morgan fingerprint density at radius 3 is 2.39 bits per heavy atom. The Bertz CT molecular complexity index is 458. The van der Waals surface area contributed by atoms with Crippen LogP contribution in [0.25, 0.3) is 0 Å². The van der Waals surface area contributed by atoms with Gasteiger partial charge in [-0.05, 0) is 37.1 Å². The number of carbonyl (C=O) groups is 2. The molecule has 0 unspecified atom stereocenters. The fraction of sp³-hybridized carbons (Fsp3) is 0.385. The molecule has 0 bridgehead atoms. The molecule has 1 saturated carbocycles. The molecule has 5 heteroatoms. The summed E-state index contributed by atoms with van der Waals surface area (Å²) < 4.78 is 0.935. The SMILES string of the molecule is O=C(O)[C@H]1CCC[C@H]1C(=O)Nc1ccc(Br)cc1. The van der Waals surface area contributed by atoms with Gasteiger partial charge in [-0.2, -0.15) is 0 Å². The molecule has 2 atom stereocenters. The third kappa shape index (κ3) is 2.90. The monoisotopic (exact) mass is 311 g/mol. The quantitative estimate of drug-likeness (QED) is 0.902. The van der Waals surface area contributed by atoms with E-state index in [0.29, 0.717) is 18.5 Å². The first-order valence-corrected chi connectivity index (χ1v) is 6.66. The maximum atomic E-state index is 12.0. The molecule has 1 fully saturated rings. The summed E-state index contributed by atoms with van der Waals surface area (Å²) in [5.41, 5.74) is 0.694. The van der Waals surface area contributed by atoms with E-state index in [4.69, 9.17) is 5.11 Å². The molecule has 1 aromatic rings. The highest BCUT2D eigenvalue weighted by atomic mass is 79.9. The van der Waals surface area contributed by atoms with Crippen molar-refractivity contribution >= 4 is 33.5 Å². The first kappa shape index (κ1) is 13.1. The number of aliphatic carboxylic acids is 1. The Morgan fingerprint density at radius 2 is 1.78 bits per heavy atom. The van der Waals surface area contributed by atoms with Crippen molar-refractivity contribution in [1.29, 1.82) is 0 Å². The van der Waals surface area contributed by atoms with Crippen LogP contribution < -0.4 is 5.32 Å². The molecule has 0 saturated heterocycles. The van der Waals surface area contributed by atoms with E-state index in [1.807, 2.05) is 12.1 Å². The number of benzene rings is 1. The predicted molar refractivity (Wildman–Crippen MR) is 71.2 cm³/mol. The Morgan fingerprint density at radius 1 is 1.17 bits per heavy atom. The van der Waals surface area contributed by atoms with Gasteiger partial charge in [0, 0.05) is 10.2 Å². The number of hydrogen-bond acceptors (Lipinski definition) is 2. The molecule has 1 aliphatic rings. The average Bonchev–Trinajstić information content (AvgIpc) is 2.81. The Balaban J connectivity index is 2.03. The average molecular weight is 312 g/mol. The zero-order valence-electron chi connectivity index (χ0n) is 9.73. The first-order chi connectivity index (χ1) is 8.58. The number of hydrogen-bond donors (Lipinski definition) is 2. The molecule has 2 rings (SSSR count). The van der Waals surface area contributed by atoms with E-state index in [9.17, 15) is 9.59 Å². The summed E-state index contributed by atoms with van der Waals surface area (Å²) in [6, 6.07) is 7.23. The lowest BCUT2D eigenvalue weighted by Gasteiger charge is -2.15. The van der Waals surface area contributed by atoms with Gasteiger partial charge in [-0.3, -0.25) is 9.59 Å². The fourth-order valence-electron chi connectivity index (χ4n) is 2.34. The van der Waals surface area contributed by atoms with E-state index in [0.717, 1.165) is 10.9 Å². The van der Waals surface area contributed by atoms with Crippen LogP contribution in [0.2, 0.25) is 0 Å². The minimum Gasteiger partial charge on any atom is -0.481 e. The normalized spacial score (nSPS) is 22.7. The van der Waals surface area contributed by atoms with Crippen molar-refractivity contribution in [3.8, 4) is 0 Å². The van der Waals surface area contributed by atoms with Crippen molar-refractivity contribution in [3.63, 3.8) is 0 Å². The second-order valence-electron chi connectivity index (χ2n) is 4.48. The fourth-order valence-corrected chi connectivity index (χ4v) is 2.60. The molecular weight excluding hydrogens is 298 g/mol. The minimum absolute atomic E-state index is 0.192. The number of carboxylic acids is 1. The molecule has 0 radical (unpaired) electrons. The van der Waals surface area contributed by atoms with Gasteiger partial charge in [0.05, 0.1) is 11.8 Å². The Kier molecular flexibility index (Phi) is 4.01. The molecule has 18 heavy (non-hydrogen) atoms. The summed E-state index contributed by atoms with van der Waals surface area (Å²) in [6.07, 6.45) is 2.04. The van der Waals surface area contributed by atoms with E-state index in [1.165, 1.54) is 0 Å². The minimum atomic E-state index is -0.872. The maximum Gasteiger partial charge on any atom is 0.307 e. The summed E-state index contributed by atoms with van der Waals surface area (Å²) in [6.45, 7) is 0. The Labute approximate surface area is 114 Å². The van der Waals surface area contributed by atoms with E-state index >= 15 is 0 Å². The lowest BCUT2D eigenvalue weighted by molar-refractivity contribution is -0.145. The molecule has 4 nitrogen and oxygen atoms in total. The molecule has 0 heterocycles. The number of amides is 1. The summed E-state index contributed by atoms with van der Waals surface area (Å²) in [4.78, 5) is 23.1. The van der Waals surface area contributed by atoms with Crippen LogP contribution in [0.3, 0.4) is 0 Å². The van der Waals surface area contributed by atoms with Crippen LogP contribution in [-0.2, 0) is 9.59 Å². The third-order valence-corrected chi connectivity index (χ3v) is 3.81. The van der Waals surface area contributed by atoms with E-state index in [-0.39, 0.29) is 5.91 Å². The van der Waals surface area contributed by atoms with E-state index in [1.54, 1.807) is 12.1 Å². The number of anilines is 1. The molecular formula is C13H14BrNO3. The van der Waals surface area contributed by atoms with Gasteiger partial charge < -0.3 is 10.4 Å². The van der Waals surface area contributed by atoms with Crippen molar-refractivity contribution < 1.29 is 14.7 Å². The number of carbonyl (C=O) groups excluding carboxylic acids is 1. The standard InChI is InChI=1S/C13H14BrNO3/c14-8-4-6-9(7-5-8)15-12(16)10-2-1-3-11(10)13(17)18/h4-7,10-11H,1-3H2,(H,15,16)(H,17,18)/t10-,11+/m1/s1. The lowest BCUT2D eigenvalue weighted by Crippen LogP contribution is -2.29. The van der Waals surface area contributed by atoms with Crippen LogP contribution in [-0.4, -0.2) is 17.0 Å². The number of carboxylic acid groups (broad SMARTS) is 1. The third-order valence-electron chi connectivity index (χ3n) is 3.28. The second kappa shape index (κ2) is 5.52. The highest BCUT2D eigenvalue weighted by Gasteiger charge is 2.37. The van der Waals surface area contributed by atoms with Crippen molar-refractivity contribution in [2.24, 2.45) is 11.8 Å². The summed E-state index contributed by atoms with van der Waals surface area (Å²) in [7, 11) is 0. The predicted octanol–water partition coefficient (Wildman–Crippen LogP) is 2.89. The van der Waals surface area contributed by atoms with E-state index in [2.05, 4.69) is 21.2 Å². The largest absolute Gasteiger partial charge is 0.481 e. The maximum absolute atomic E-state index is 12.0. The van der Waals surface area contributed by atoms with Crippen LogP contribution >= 0.6 is 15.9 Å². The van der Waals surface area contributed by atoms with Gasteiger partial charge in [-0.25, -0.2) is 0 Å². The van der Waals surface area contributed by atoms with Crippen LogP contribution in [0.4, 0.5) is 5.69 Å². The van der Waals surface area contributed by atoms with Crippen LogP contribution in [0.1, 0.15) is 19.3 Å². The summed E-state index contributed by atoms with van der Waals surface area (Å²) >= 11 is 3.32. The van der Waals surface area contributed by atoms with Gasteiger partial charge in [0.15, 0.2) is 0 Å². The zero-order valence-corrected chi connectivity index (χ0v) is 11.3. The van der Waals surface area contributed by atoms with Crippen molar-refractivity contribution in [2.45, 2.75) is 19.3 Å². The molecule has 2 N–H and O–H groups in total. The van der Waals surface area contributed by atoms with Gasteiger partial charge in [0.25, 0.3) is 0 Å². The van der Waals surface area contributed by atoms with Crippen LogP contribution in [0.5, 0.6) is 0 Å². The topological polar surface area (TPSA) is 66.4 Å². The van der Waals surface area contributed by atoms with Crippen LogP contribution in [0, 0.1) is 11.8 Å². The number of nitrogens with one attached hydrogen (secondary N) is 1. The van der Waals surface area contributed by atoms with Gasteiger partial charge >= 0.3 is 5.97 Å². The smallest absolute Gasteiger partial charge is 0.307 e. The molecule has 0 spiro atoms. The van der Waals surface area contributed by atoms with Gasteiger partial charge in [-0.15, -0.1) is 0 Å². The van der Waals surface area contributed by atoms with Gasteiger partial charge in [0.2, 0.25) is 5.91 Å². The van der Waals surface area contributed by atoms with Crippen molar-refractivity contribution in [2.75, 3.05) is 5.32 Å². The van der Waals surface area contributed by atoms with Gasteiger partial charge in [0.1, 0.15) is 0 Å². The molecule has 96 valence electrons. The van der Waals surface area contributed by atoms with E-state index < -0.39 is 17.8 Å². The summed E-state index contributed by atoms with van der Waals surface area (Å²) in [5, 5.41) is 11.8. The highest BCUT2D eigenvalue weighted by molar-refractivity contribution is 9.10. The molecule has 1 amide bonds. The second-order valence-corrected chi connectivity index (χ2v) is 5.39. The lowest BCUT2D eigenvalue weighted by atomic mass is 9.95. The first-order valence-electron chi connectivity index (χ1n) is 5.87. The van der Waals surface area contributed by atoms with Gasteiger partial charge in [-0.1, -0.05) is 22.4 Å². The molecule has 1 aromatic carbocycles. The van der Waals surface area contributed by atoms with Crippen molar-refractivity contribution in [3.05, 3.63) is 28.7 Å². The zero-order chi connectivity index (χ0) is 13.1. The van der Waals surface area contributed by atoms with Crippen molar-refractivity contribution in [1.82, 2.24) is 0 Å². The Hall–Kier alpha value is -1.36. The molecule has 1 aliphatic carbocycles. The molecule has 0 aliphatic heterocycles. The highest BCUT2D eigenvalue weighted by Crippen LogP contribution is 2.32. The van der Waals surface area contributed by atoms with Crippen LogP contribution in [0.15, 0.2) is 28.7 Å². The molecule has 0 aromatic heterocycles. The number of rotatable bonds is 3. The number of halogens is 1. The summed E-state index contributed by atoms with van der Waals surface area (Å²) in [5.74, 6) is -2.02.